The van der Waals surface area contributed by atoms with Gasteiger partial charge in [-0.1, -0.05) is 24.6 Å². The van der Waals surface area contributed by atoms with Gasteiger partial charge in [0.25, 0.3) is 0 Å². The van der Waals surface area contributed by atoms with Gasteiger partial charge >= 0.3 is 5.97 Å². The van der Waals surface area contributed by atoms with Crippen molar-refractivity contribution in [2.75, 3.05) is 6.61 Å². The zero-order chi connectivity index (χ0) is 15.0. The fourth-order valence-corrected chi connectivity index (χ4v) is 1.81. The molecule has 0 bridgehead atoms. The number of nitrogens with one attached hydrogen (secondary N) is 1. The lowest BCUT2D eigenvalue weighted by atomic mass is 10.1. The van der Waals surface area contributed by atoms with Crippen LogP contribution < -0.4 is 10.1 Å². The fraction of sp³-hybridized carbons (Fsp3) is 0.429. The van der Waals surface area contributed by atoms with Gasteiger partial charge in [-0.2, -0.15) is 0 Å². The van der Waals surface area contributed by atoms with E-state index in [-0.39, 0.29) is 31.4 Å². The summed E-state index contributed by atoms with van der Waals surface area (Å²) in [5.74, 6) is -0.546. The molecule has 1 unspecified atom stereocenters. The highest BCUT2D eigenvalue weighted by atomic mass is 35.5. The summed E-state index contributed by atoms with van der Waals surface area (Å²) < 4.78 is 5.39. The average Bonchev–Trinajstić information content (AvgIpc) is 2.37. The molecule has 2 N–H and O–H groups in total. The molecule has 1 atom stereocenters. The number of amides is 1. The van der Waals surface area contributed by atoms with Gasteiger partial charge in [-0.05, 0) is 24.6 Å². The van der Waals surface area contributed by atoms with Gasteiger partial charge in [-0.15, -0.1) is 0 Å². The Hall–Kier alpha value is -1.75. The Morgan fingerprint density at radius 1 is 1.45 bits per heavy atom. The number of carboxylic acids is 1. The maximum absolute atomic E-state index is 11.6. The van der Waals surface area contributed by atoms with E-state index in [0.29, 0.717) is 17.2 Å². The van der Waals surface area contributed by atoms with Crippen LogP contribution in [0.15, 0.2) is 24.3 Å². The van der Waals surface area contributed by atoms with Gasteiger partial charge in [-0.3, -0.25) is 9.59 Å². The normalized spacial score (nSPS) is 11.7. The summed E-state index contributed by atoms with van der Waals surface area (Å²) in [6.07, 6.45) is 0.674. The van der Waals surface area contributed by atoms with Gasteiger partial charge in [-0.25, -0.2) is 0 Å². The van der Waals surface area contributed by atoms with Gasteiger partial charge in [0.1, 0.15) is 5.75 Å². The van der Waals surface area contributed by atoms with Crippen LogP contribution in [-0.2, 0) is 9.59 Å². The number of carboxylic acid groups (broad SMARTS) is 1. The summed E-state index contributed by atoms with van der Waals surface area (Å²) in [6.45, 7) is 2.05. The molecule has 1 aromatic carbocycles. The first kappa shape index (κ1) is 16.3. The molecule has 0 saturated heterocycles. The smallest absolute Gasteiger partial charge is 0.305 e. The van der Waals surface area contributed by atoms with Crippen LogP contribution in [0.3, 0.4) is 0 Å². The first-order chi connectivity index (χ1) is 9.51. The topological polar surface area (TPSA) is 75.6 Å². The van der Waals surface area contributed by atoms with Crippen LogP contribution in [0, 0.1) is 0 Å². The Morgan fingerprint density at radius 3 is 2.80 bits per heavy atom. The number of aliphatic carboxylic acids is 1. The van der Waals surface area contributed by atoms with E-state index in [1.165, 1.54) is 0 Å². The Morgan fingerprint density at radius 2 is 2.20 bits per heavy atom. The van der Waals surface area contributed by atoms with Crippen LogP contribution in [0.2, 0.25) is 5.02 Å². The molecule has 0 aliphatic heterocycles. The van der Waals surface area contributed by atoms with Gasteiger partial charge in [0.05, 0.1) is 19.4 Å². The Balaban J connectivity index is 2.30. The van der Waals surface area contributed by atoms with Crippen LogP contribution in [0.5, 0.6) is 5.75 Å². The number of ether oxygens (including phenoxy) is 1. The predicted octanol–water partition coefficient (Wildman–Crippen LogP) is 2.48. The van der Waals surface area contributed by atoms with E-state index < -0.39 is 5.97 Å². The molecule has 1 rings (SSSR count). The zero-order valence-electron chi connectivity index (χ0n) is 11.3. The fourth-order valence-electron chi connectivity index (χ4n) is 1.63. The van der Waals surface area contributed by atoms with Crippen molar-refractivity contribution >= 4 is 23.5 Å². The second-order valence-electron chi connectivity index (χ2n) is 4.33. The summed E-state index contributed by atoms with van der Waals surface area (Å²) in [4.78, 5) is 22.2. The Bertz CT molecular complexity index is 464. The molecule has 110 valence electrons. The number of benzene rings is 1. The minimum atomic E-state index is -0.924. The first-order valence-electron chi connectivity index (χ1n) is 6.40. The zero-order valence-corrected chi connectivity index (χ0v) is 12.0. The Labute approximate surface area is 122 Å². The molecule has 6 heteroatoms. The van der Waals surface area contributed by atoms with Crippen molar-refractivity contribution in [2.45, 2.75) is 32.2 Å². The lowest BCUT2D eigenvalue weighted by Gasteiger charge is -2.14. The van der Waals surface area contributed by atoms with E-state index in [2.05, 4.69) is 5.32 Å². The van der Waals surface area contributed by atoms with E-state index in [9.17, 15) is 9.59 Å². The molecular formula is C14H18ClNO4. The average molecular weight is 300 g/mol. The molecule has 0 saturated carbocycles. The monoisotopic (exact) mass is 299 g/mol. The number of carbonyl (C=O) groups excluding carboxylic acids is 1. The molecule has 20 heavy (non-hydrogen) atoms. The van der Waals surface area contributed by atoms with Crippen molar-refractivity contribution in [1.29, 1.82) is 0 Å². The van der Waals surface area contributed by atoms with Crippen molar-refractivity contribution in [3.8, 4) is 5.75 Å². The maximum Gasteiger partial charge on any atom is 0.305 e. The molecule has 0 fully saturated rings. The lowest BCUT2D eigenvalue weighted by molar-refractivity contribution is -0.137. The molecule has 1 amide bonds. The van der Waals surface area contributed by atoms with E-state index in [4.69, 9.17) is 21.4 Å². The van der Waals surface area contributed by atoms with Crippen LogP contribution in [-0.4, -0.2) is 29.6 Å². The SMILES string of the molecule is CCC(CC(=O)O)NC(=O)CCOc1cccc(Cl)c1. The number of halogens is 1. The number of carbonyl (C=O) groups is 2. The quantitative estimate of drug-likeness (QED) is 0.773. The predicted molar refractivity (Wildman–Crippen MR) is 76.0 cm³/mol. The second-order valence-corrected chi connectivity index (χ2v) is 4.76. The summed E-state index contributed by atoms with van der Waals surface area (Å²) in [5.41, 5.74) is 0. The molecule has 5 nitrogen and oxygen atoms in total. The molecule has 0 heterocycles. The molecule has 0 spiro atoms. The summed E-state index contributed by atoms with van der Waals surface area (Å²) >= 11 is 5.81. The number of hydrogen-bond acceptors (Lipinski definition) is 3. The minimum absolute atomic E-state index is 0.0720. The van der Waals surface area contributed by atoms with Crippen molar-refractivity contribution in [1.82, 2.24) is 5.32 Å². The van der Waals surface area contributed by atoms with Gasteiger partial charge in [0.15, 0.2) is 0 Å². The molecule has 0 aliphatic carbocycles. The standard InChI is InChI=1S/C14H18ClNO4/c1-2-11(9-14(18)19)16-13(17)6-7-20-12-5-3-4-10(15)8-12/h3-5,8,11H,2,6-7,9H2,1H3,(H,16,17)(H,18,19). The van der Waals surface area contributed by atoms with E-state index in [0.717, 1.165) is 0 Å². The highest BCUT2D eigenvalue weighted by Gasteiger charge is 2.13. The highest BCUT2D eigenvalue weighted by molar-refractivity contribution is 6.30. The summed E-state index contributed by atoms with van der Waals surface area (Å²) in [6, 6.07) is 6.57. The first-order valence-corrected chi connectivity index (χ1v) is 6.78. The second kappa shape index (κ2) is 8.43. The van der Waals surface area contributed by atoms with E-state index in [1.807, 2.05) is 6.92 Å². The maximum atomic E-state index is 11.6. The van der Waals surface area contributed by atoms with Crippen molar-refractivity contribution in [3.05, 3.63) is 29.3 Å². The molecule has 0 aliphatic rings. The summed E-state index contributed by atoms with van der Waals surface area (Å²) in [7, 11) is 0. The molecular weight excluding hydrogens is 282 g/mol. The van der Waals surface area contributed by atoms with Crippen molar-refractivity contribution < 1.29 is 19.4 Å². The van der Waals surface area contributed by atoms with Crippen LogP contribution in [0.4, 0.5) is 0 Å². The van der Waals surface area contributed by atoms with Crippen LogP contribution >= 0.6 is 11.6 Å². The van der Waals surface area contributed by atoms with Gasteiger partial charge < -0.3 is 15.2 Å². The third-order valence-corrected chi connectivity index (χ3v) is 2.91. The Kier molecular flexibility index (Phi) is 6.87. The third-order valence-electron chi connectivity index (χ3n) is 2.67. The largest absolute Gasteiger partial charge is 0.493 e. The van der Waals surface area contributed by atoms with Crippen LogP contribution in [0.25, 0.3) is 0 Å². The third kappa shape index (κ3) is 6.43. The van der Waals surface area contributed by atoms with E-state index in [1.54, 1.807) is 24.3 Å². The lowest BCUT2D eigenvalue weighted by Crippen LogP contribution is -2.36. The van der Waals surface area contributed by atoms with Crippen molar-refractivity contribution in [2.24, 2.45) is 0 Å². The highest BCUT2D eigenvalue weighted by Crippen LogP contribution is 2.17. The van der Waals surface area contributed by atoms with E-state index >= 15 is 0 Å². The molecule has 1 aromatic rings. The van der Waals surface area contributed by atoms with Crippen molar-refractivity contribution in [3.63, 3.8) is 0 Å². The molecule has 0 radical (unpaired) electrons. The number of hydrogen-bond donors (Lipinski definition) is 2. The molecule has 0 aromatic heterocycles. The van der Waals surface area contributed by atoms with Crippen LogP contribution in [0.1, 0.15) is 26.2 Å². The minimum Gasteiger partial charge on any atom is -0.493 e. The van der Waals surface area contributed by atoms with Gasteiger partial charge in [0, 0.05) is 11.1 Å². The number of rotatable bonds is 8. The van der Waals surface area contributed by atoms with Gasteiger partial charge in [0.2, 0.25) is 5.91 Å². The summed E-state index contributed by atoms with van der Waals surface area (Å²) in [5, 5.41) is 11.9.